The summed E-state index contributed by atoms with van der Waals surface area (Å²) in [5, 5.41) is 6.07. The third kappa shape index (κ3) is 4.97. The van der Waals surface area contributed by atoms with E-state index in [4.69, 9.17) is 9.47 Å². The second kappa shape index (κ2) is 8.03. The molecule has 1 amide bonds. The summed E-state index contributed by atoms with van der Waals surface area (Å²) in [4.78, 5) is 12.1. The predicted octanol–water partition coefficient (Wildman–Crippen LogP) is 3.52. The molecule has 0 spiro atoms. The van der Waals surface area contributed by atoms with E-state index < -0.39 is 0 Å². The number of carbonyl (C=O) groups is 1. The zero-order valence-electron chi connectivity index (χ0n) is 14.7. The predicted molar refractivity (Wildman–Crippen MR) is 99.3 cm³/mol. The fourth-order valence-electron chi connectivity index (χ4n) is 2.70. The number of amides is 1. The normalized spacial score (nSPS) is 16.5. The van der Waals surface area contributed by atoms with Gasteiger partial charge < -0.3 is 20.1 Å². The molecule has 0 aliphatic carbocycles. The summed E-state index contributed by atoms with van der Waals surface area (Å²) in [6.07, 6.45) is 1.07. The van der Waals surface area contributed by atoms with E-state index in [1.807, 2.05) is 56.3 Å². The Balaban J connectivity index is 1.49. The second-order valence-corrected chi connectivity index (χ2v) is 6.35. The van der Waals surface area contributed by atoms with Crippen LogP contribution in [0.4, 0.5) is 11.4 Å². The highest BCUT2D eigenvalue weighted by Gasteiger charge is 2.16. The van der Waals surface area contributed by atoms with Gasteiger partial charge in [0.1, 0.15) is 11.9 Å². The topological polar surface area (TPSA) is 59.6 Å². The van der Waals surface area contributed by atoms with Crippen molar-refractivity contribution < 1.29 is 14.3 Å². The van der Waals surface area contributed by atoms with Crippen molar-refractivity contribution in [1.29, 1.82) is 0 Å². The van der Waals surface area contributed by atoms with Crippen molar-refractivity contribution in [1.82, 2.24) is 0 Å². The number of hydrogen-bond donors (Lipinski definition) is 2. The fraction of sp³-hybridized carbons (Fsp3) is 0.350. The van der Waals surface area contributed by atoms with Crippen molar-refractivity contribution in [3.05, 3.63) is 53.6 Å². The van der Waals surface area contributed by atoms with Gasteiger partial charge in [0.15, 0.2) is 0 Å². The molecule has 1 aliphatic rings. The third-order valence-corrected chi connectivity index (χ3v) is 4.17. The first-order valence-corrected chi connectivity index (χ1v) is 8.55. The molecule has 25 heavy (non-hydrogen) atoms. The smallest absolute Gasteiger partial charge is 0.243 e. The van der Waals surface area contributed by atoms with Crippen LogP contribution in [0, 0.1) is 13.8 Å². The maximum absolute atomic E-state index is 12.1. The Labute approximate surface area is 148 Å². The van der Waals surface area contributed by atoms with Crippen molar-refractivity contribution in [2.45, 2.75) is 26.4 Å². The van der Waals surface area contributed by atoms with Crippen molar-refractivity contribution in [2.24, 2.45) is 0 Å². The van der Waals surface area contributed by atoms with Gasteiger partial charge in [0.2, 0.25) is 5.91 Å². The molecular formula is C20H24N2O3. The second-order valence-electron chi connectivity index (χ2n) is 6.35. The van der Waals surface area contributed by atoms with Crippen LogP contribution in [0.2, 0.25) is 0 Å². The van der Waals surface area contributed by atoms with E-state index in [1.165, 1.54) is 0 Å². The van der Waals surface area contributed by atoms with Crippen LogP contribution in [0.1, 0.15) is 17.5 Å². The maximum Gasteiger partial charge on any atom is 0.243 e. The van der Waals surface area contributed by atoms with E-state index in [1.54, 1.807) is 0 Å². The Hall–Kier alpha value is -2.53. The van der Waals surface area contributed by atoms with E-state index in [-0.39, 0.29) is 18.6 Å². The Morgan fingerprint density at radius 2 is 2.00 bits per heavy atom. The minimum absolute atomic E-state index is 0.0721. The first kappa shape index (κ1) is 17.3. The van der Waals surface area contributed by atoms with Crippen molar-refractivity contribution in [2.75, 3.05) is 30.4 Å². The number of aryl methyl sites for hydroxylation is 2. The molecule has 132 valence electrons. The summed E-state index contributed by atoms with van der Waals surface area (Å²) in [5.74, 6) is 0.748. The summed E-state index contributed by atoms with van der Waals surface area (Å²) < 4.78 is 11.1. The number of carbonyl (C=O) groups excluding carboxylic acids is 1. The molecular weight excluding hydrogens is 316 g/mol. The number of rotatable bonds is 6. The van der Waals surface area contributed by atoms with Gasteiger partial charge in [-0.15, -0.1) is 0 Å². The highest BCUT2D eigenvalue weighted by Crippen LogP contribution is 2.20. The van der Waals surface area contributed by atoms with Gasteiger partial charge >= 0.3 is 0 Å². The summed E-state index contributed by atoms with van der Waals surface area (Å²) in [5.41, 5.74) is 3.91. The summed E-state index contributed by atoms with van der Waals surface area (Å²) in [6.45, 7) is 5.62. The molecule has 2 N–H and O–H groups in total. The van der Waals surface area contributed by atoms with Crippen LogP contribution in [0.5, 0.6) is 5.75 Å². The van der Waals surface area contributed by atoms with Gasteiger partial charge in [-0.1, -0.05) is 12.1 Å². The minimum Gasteiger partial charge on any atom is -0.488 e. The average Bonchev–Trinajstić information content (AvgIpc) is 3.10. The monoisotopic (exact) mass is 340 g/mol. The molecule has 1 aliphatic heterocycles. The lowest BCUT2D eigenvalue weighted by atomic mass is 10.1. The highest BCUT2D eigenvalue weighted by atomic mass is 16.5. The maximum atomic E-state index is 12.1. The molecule has 0 saturated carbocycles. The SMILES string of the molecule is Cc1ccc(C)c(NC(=O)CNc2ccc(O[C@H]3CCOC3)cc2)c1. The standard InChI is InChI=1S/C20H24N2O3/c1-14-3-4-15(2)19(11-14)22-20(23)12-21-16-5-7-17(8-6-16)25-18-9-10-24-13-18/h3-8,11,18,21H,9-10,12-13H2,1-2H3,(H,22,23)/t18-/m0/s1. The molecule has 1 fully saturated rings. The van der Waals surface area contributed by atoms with Crippen LogP contribution < -0.4 is 15.4 Å². The van der Waals surface area contributed by atoms with Crippen LogP contribution in [0.15, 0.2) is 42.5 Å². The number of hydrogen-bond acceptors (Lipinski definition) is 4. The molecule has 2 aromatic carbocycles. The van der Waals surface area contributed by atoms with E-state index in [0.29, 0.717) is 6.61 Å². The summed E-state index contributed by atoms with van der Waals surface area (Å²) in [6, 6.07) is 13.7. The largest absolute Gasteiger partial charge is 0.488 e. The zero-order valence-corrected chi connectivity index (χ0v) is 14.7. The molecule has 1 heterocycles. The van der Waals surface area contributed by atoms with Gasteiger partial charge in [0.05, 0.1) is 19.8 Å². The van der Waals surface area contributed by atoms with Crippen LogP contribution in [0.25, 0.3) is 0 Å². The van der Waals surface area contributed by atoms with Gasteiger partial charge in [-0.2, -0.15) is 0 Å². The molecule has 2 aromatic rings. The lowest BCUT2D eigenvalue weighted by molar-refractivity contribution is -0.114. The lowest BCUT2D eigenvalue weighted by Gasteiger charge is -2.13. The Kier molecular flexibility index (Phi) is 5.56. The molecule has 0 radical (unpaired) electrons. The van der Waals surface area contributed by atoms with Crippen LogP contribution in [-0.2, 0) is 9.53 Å². The fourth-order valence-corrected chi connectivity index (χ4v) is 2.70. The Morgan fingerprint density at radius 1 is 1.20 bits per heavy atom. The molecule has 0 bridgehead atoms. The number of ether oxygens (including phenoxy) is 2. The molecule has 1 saturated heterocycles. The number of benzene rings is 2. The van der Waals surface area contributed by atoms with Crippen LogP contribution in [-0.4, -0.2) is 31.8 Å². The van der Waals surface area contributed by atoms with Gasteiger partial charge in [-0.3, -0.25) is 4.79 Å². The van der Waals surface area contributed by atoms with E-state index >= 15 is 0 Å². The van der Waals surface area contributed by atoms with Crippen LogP contribution in [0.3, 0.4) is 0 Å². The molecule has 5 heteroatoms. The Morgan fingerprint density at radius 3 is 2.72 bits per heavy atom. The van der Waals surface area contributed by atoms with Gasteiger partial charge in [0.25, 0.3) is 0 Å². The molecule has 5 nitrogen and oxygen atoms in total. The average molecular weight is 340 g/mol. The molecule has 3 rings (SSSR count). The number of nitrogens with one attached hydrogen (secondary N) is 2. The summed E-state index contributed by atoms with van der Waals surface area (Å²) in [7, 11) is 0. The Bertz CT molecular complexity index is 722. The van der Waals surface area contributed by atoms with Gasteiger partial charge in [-0.05, 0) is 55.3 Å². The van der Waals surface area contributed by atoms with Crippen molar-refractivity contribution in [3.63, 3.8) is 0 Å². The van der Waals surface area contributed by atoms with Crippen LogP contribution >= 0.6 is 0 Å². The molecule has 0 unspecified atom stereocenters. The third-order valence-electron chi connectivity index (χ3n) is 4.17. The first-order valence-electron chi connectivity index (χ1n) is 8.55. The molecule has 0 aromatic heterocycles. The highest BCUT2D eigenvalue weighted by molar-refractivity contribution is 5.94. The van der Waals surface area contributed by atoms with Gasteiger partial charge in [-0.25, -0.2) is 0 Å². The summed E-state index contributed by atoms with van der Waals surface area (Å²) >= 11 is 0. The van der Waals surface area contributed by atoms with Crippen molar-refractivity contribution in [3.8, 4) is 5.75 Å². The first-order chi connectivity index (χ1) is 12.1. The van der Waals surface area contributed by atoms with Crippen molar-refractivity contribution >= 4 is 17.3 Å². The number of anilines is 2. The van der Waals surface area contributed by atoms with E-state index in [2.05, 4.69) is 10.6 Å². The van der Waals surface area contributed by atoms with E-state index in [0.717, 1.165) is 41.3 Å². The quantitative estimate of drug-likeness (QED) is 0.845. The lowest BCUT2D eigenvalue weighted by Crippen LogP contribution is -2.22. The minimum atomic E-state index is -0.0721. The molecule has 1 atom stereocenters. The van der Waals surface area contributed by atoms with Gasteiger partial charge in [0, 0.05) is 17.8 Å². The van der Waals surface area contributed by atoms with E-state index in [9.17, 15) is 4.79 Å². The zero-order chi connectivity index (χ0) is 17.6.